The van der Waals surface area contributed by atoms with Gasteiger partial charge in [-0.25, -0.2) is 14.6 Å². The van der Waals surface area contributed by atoms with Crippen LogP contribution in [0.5, 0.6) is 11.5 Å². The topological polar surface area (TPSA) is 147 Å². The van der Waals surface area contributed by atoms with E-state index >= 15 is 0 Å². The molecule has 1 unspecified atom stereocenters. The molecule has 4 saturated heterocycles. The van der Waals surface area contributed by atoms with E-state index in [1.54, 1.807) is 6.33 Å². The van der Waals surface area contributed by atoms with Crippen molar-refractivity contribution in [3.63, 3.8) is 0 Å². The van der Waals surface area contributed by atoms with E-state index in [0.29, 0.717) is 18.7 Å². The number of carbonyl (C=O) groups is 2. The van der Waals surface area contributed by atoms with Gasteiger partial charge in [0.05, 0.1) is 11.4 Å². The van der Waals surface area contributed by atoms with Crippen molar-refractivity contribution >= 4 is 40.0 Å². The van der Waals surface area contributed by atoms with E-state index in [2.05, 4.69) is 52.1 Å². The number of nitrogens with one attached hydrogen (secondary N) is 2. The van der Waals surface area contributed by atoms with Gasteiger partial charge in [0, 0.05) is 62.6 Å². The lowest BCUT2D eigenvalue weighted by Gasteiger charge is -2.40. The van der Waals surface area contributed by atoms with E-state index in [4.69, 9.17) is 15.6 Å². The average molecular weight is 783 g/mol. The molecule has 0 aliphatic carbocycles. The molecule has 13 heteroatoms. The van der Waals surface area contributed by atoms with Crippen LogP contribution in [0.25, 0.3) is 22.3 Å². The molecule has 2 aromatic heterocycles. The Hall–Kier alpha value is -5.53. The molecular weight excluding hydrogens is 729 g/mol. The smallest absolute Gasteiger partial charge is 0.249 e. The summed E-state index contributed by atoms with van der Waals surface area (Å²) in [5.74, 6) is 3.08. The first-order valence-corrected chi connectivity index (χ1v) is 21.1. The van der Waals surface area contributed by atoms with Crippen LogP contribution in [0.4, 0.5) is 17.2 Å². The molecule has 4 N–H and O–H groups in total. The summed E-state index contributed by atoms with van der Waals surface area (Å²) < 4.78 is 8.13. The predicted octanol–water partition coefficient (Wildman–Crippen LogP) is 6.35. The van der Waals surface area contributed by atoms with Crippen molar-refractivity contribution in [3.05, 3.63) is 85.2 Å². The number of likely N-dealkylation sites (tertiary alicyclic amines) is 2. The number of amides is 2. The Labute approximate surface area is 339 Å². The van der Waals surface area contributed by atoms with Gasteiger partial charge in [0.2, 0.25) is 11.8 Å². The number of nitrogens with zero attached hydrogens (tertiary/aromatic N) is 7. The van der Waals surface area contributed by atoms with Gasteiger partial charge in [-0.15, -0.1) is 0 Å². The molecule has 5 aromatic rings. The van der Waals surface area contributed by atoms with Crippen molar-refractivity contribution in [3.8, 4) is 22.8 Å². The zero-order valence-electron chi connectivity index (χ0n) is 33.1. The molecule has 4 aliphatic rings. The Kier molecular flexibility index (Phi) is 11.2. The number of hydrogen-bond donors (Lipinski definition) is 3. The largest absolute Gasteiger partial charge is 0.457 e. The number of rotatable bonds is 11. The maximum atomic E-state index is 12.1. The fraction of sp³-hybridized carbons (Fsp3) is 0.444. The first-order chi connectivity index (χ1) is 28.4. The highest BCUT2D eigenvalue weighted by molar-refractivity contribution is 6.01. The molecule has 9 rings (SSSR count). The van der Waals surface area contributed by atoms with Crippen molar-refractivity contribution in [1.82, 2.24) is 34.9 Å². The molecular formula is C45H54N10O3. The molecule has 0 spiro atoms. The summed E-state index contributed by atoms with van der Waals surface area (Å²) in [5.41, 5.74) is 11.2. The zero-order chi connectivity index (χ0) is 39.4. The number of imide groups is 1. The van der Waals surface area contributed by atoms with Crippen molar-refractivity contribution in [2.75, 3.05) is 68.3 Å². The van der Waals surface area contributed by atoms with Crippen molar-refractivity contribution < 1.29 is 14.3 Å². The lowest BCUT2D eigenvalue weighted by atomic mass is 9.92. The minimum atomic E-state index is -0.360. The third kappa shape index (κ3) is 8.65. The Morgan fingerprint density at radius 2 is 1.36 bits per heavy atom. The number of hydrogen-bond acceptors (Lipinski definition) is 11. The molecule has 4 aliphatic heterocycles. The highest BCUT2D eigenvalue weighted by Crippen LogP contribution is 2.36. The van der Waals surface area contributed by atoms with Crippen molar-refractivity contribution in [2.24, 2.45) is 11.8 Å². The van der Waals surface area contributed by atoms with Crippen LogP contribution < -0.4 is 26.0 Å². The molecule has 3 aromatic carbocycles. The molecule has 302 valence electrons. The minimum absolute atomic E-state index is 0.191. The Morgan fingerprint density at radius 3 is 2.03 bits per heavy atom. The third-order valence-electron chi connectivity index (χ3n) is 12.7. The second-order valence-electron chi connectivity index (χ2n) is 16.6. The number of ether oxygens (including phenoxy) is 1. The fourth-order valence-electron chi connectivity index (χ4n) is 9.36. The van der Waals surface area contributed by atoms with Crippen LogP contribution in [0.1, 0.15) is 57.4 Å². The second-order valence-corrected chi connectivity index (χ2v) is 16.6. The van der Waals surface area contributed by atoms with Gasteiger partial charge in [0.25, 0.3) is 0 Å². The highest BCUT2D eigenvalue weighted by Gasteiger charge is 2.30. The van der Waals surface area contributed by atoms with Gasteiger partial charge in [-0.3, -0.25) is 14.9 Å². The molecule has 0 saturated carbocycles. The summed E-state index contributed by atoms with van der Waals surface area (Å²) >= 11 is 0. The van der Waals surface area contributed by atoms with Gasteiger partial charge in [-0.1, -0.05) is 18.2 Å². The fourth-order valence-corrected chi connectivity index (χ4v) is 9.36. The Morgan fingerprint density at radius 1 is 0.724 bits per heavy atom. The normalized spacial score (nSPS) is 20.7. The Balaban J connectivity index is 0.718. The highest BCUT2D eigenvalue weighted by atomic mass is 16.5. The predicted molar refractivity (Wildman–Crippen MR) is 227 cm³/mol. The van der Waals surface area contributed by atoms with Gasteiger partial charge in [0.1, 0.15) is 35.4 Å². The Bertz CT molecular complexity index is 2170. The first-order valence-electron chi connectivity index (χ1n) is 21.1. The van der Waals surface area contributed by atoms with E-state index < -0.39 is 0 Å². The van der Waals surface area contributed by atoms with Crippen molar-refractivity contribution in [2.45, 2.75) is 63.5 Å². The van der Waals surface area contributed by atoms with E-state index in [1.807, 2.05) is 66.7 Å². The van der Waals surface area contributed by atoms with Gasteiger partial charge >= 0.3 is 0 Å². The van der Waals surface area contributed by atoms with Gasteiger partial charge < -0.3 is 30.5 Å². The summed E-state index contributed by atoms with van der Waals surface area (Å²) in [6, 6.07) is 26.1. The standard InChI is InChI=1S/C45H54N10O3/c46-43-41-42(33-6-12-38(13-7-33)58-37-4-2-1-3-5-37)51-55(44(41)48-30-47-43)36-20-24-53(25-21-36)28-31-16-22-52(23-17-31)29-32-18-26-54(27-19-32)35-10-8-34(9-11-35)49-39-14-15-40(56)50-45(39)57/h1-13,30-32,36,39,49H,14-29H2,(H2,46,47,48)(H,50,56,57). The van der Waals surface area contributed by atoms with E-state index in [0.717, 1.165) is 90.3 Å². The molecule has 4 fully saturated rings. The molecule has 13 nitrogen and oxygen atoms in total. The number of piperidine rings is 4. The number of aromatic nitrogens is 4. The van der Waals surface area contributed by atoms with E-state index in [1.165, 1.54) is 57.5 Å². The lowest BCUT2D eigenvalue weighted by molar-refractivity contribution is -0.133. The van der Waals surface area contributed by atoms with Crippen LogP contribution in [0.3, 0.4) is 0 Å². The average Bonchev–Trinajstić information content (AvgIpc) is 3.65. The second kappa shape index (κ2) is 17.1. The summed E-state index contributed by atoms with van der Waals surface area (Å²) in [6.45, 7) is 9.06. The van der Waals surface area contributed by atoms with Crippen LogP contribution in [0.2, 0.25) is 0 Å². The van der Waals surface area contributed by atoms with Crippen LogP contribution in [-0.2, 0) is 9.59 Å². The maximum Gasteiger partial charge on any atom is 0.249 e. The quantitative estimate of drug-likeness (QED) is 0.129. The van der Waals surface area contributed by atoms with Crippen LogP contribution in [-0.4, -0.2) is 99.8 Å². The minimum Gasteiger partial charge on any atom is -0.457 e. The third-order valence-corrected chi connectivity index (χ3v) is 12.7. The summed E-state index contributed by atoms with van der Waals surface area (Å²) in [6.07, 6.45) is 9.50. The molecule has 1 atom stereocenters. The van der Waals surface area contributed by atoms with E-state index in [9.17, 15) is 9.59 Å². The SMILES string of the molecule is Nc1ncnc2c1c(-c1ccc(Oc3ccccc3)cc1)nn2C1CCN(CC2CCN(CC3CCN(c4ccc(NC5CCC(=O)NC5=O)cc4)CC3)CC2)CC1. The number of fused-ring (bicyclic) bond motifs is 1. The monoisotopic (exact) mass is 782 g/mol. The van der Waals surface area contributed by atoms with Gasteiger partial charge in [-0.2, -0.15) is 5.10 Å². The number of benzene rings is 3. The first kappa shape index (κ1) is 38.0. The number of nitrogens with two attached hydrogens (primary N) is 1. The molecule has 0 bridgehead atoms. The molecule has 0 radical (unpaired) electrons. The maximum absolute atomic E-state index is 12.1. The lowest BCUT2D eigenvalue weighted by Crippen LogP contribution is -2.47. The molecule has 2 amide bonds. The van der Waals surface area contributed by atoms with Crippen LogP contribution >= 0.6 is 0 Å². The van der Waals surface area contributed by atoms with E-state index in [-0.39, 0.29) is 23.9 Å². The number of para-hydroxylation sites is 1. The van der Waals surface area contributed by atoms with Crippen LogP contribution in [0.15, 0.2) is 85.2 Å². The molecule has 6 heterocycles. The zero-order valence-corrected chi connectivity index (χ0v) is 33.1. The molecule has 58 heavy (non-hydrogen) atoms. The summed E-state index contributed by atoms with van der Waals surface area (Å²) in [7, 11) is 0. The van der Waals surface area contributed by atoms with Gasteiger partial charge in [-0.05, 0) is 131 Å². The van der Waals surface area contributed by atoms with Crippen LogP contribution in [0, 0.1) is 11.8 Å². The number of carbonyl (C=O) groups excluding carboxylic acids is 2. The van der Waals surface area contributed by atoms with Crippen molar-refractivity contribution in [1.29, 1.82) is 0 Å². The summed E-state index contributed by atoms with van der Waals surface area (Å²) in [4.78, 5) is 40.5. The number of nitrogen functional groups attached to an aromatic ring is 1. The number of anilines is 3. The summed E-state index contributed by atoms with van der Waals surface area (Å²) in [5, 5.41) is 11.7. The van der Waals surface area contributed by atoms with Gasteiger partial charge in [0.15, 0.2) is 5.65 Å².